The van der Waals surface area contributed by atoms with Crippen LogP contribution < -0.4 is 11.5 Å². The average Bonchev–Trinajstić information content (AvgIpc) is 3.49. The number of aromatic nitrogens is 2. The number of nitrogen functional groups attached to an aromatic ring is 2. The number of benzene rings is 4. The van der Waals surface area contributed by atoms with Crippen LogP contribution in [0.25, 0.3) is 32.6 Å². The number of amides is 1. The lowest BCUT2D eigenvalue weighted by molar-refractivity contribution is 0.0215. The van der Waals surface area contributed by atoms with Crippen molar-refractivity contribution in [2.24, 2.45) is 5.92 Å². The summed E-state index contributed by atoms with van der Waals surface area (Å²) in [6, 6.07) is 20.0. The Morgan fingerprint density at radius 1 is 0.975 bits per heavy atom. The van der Waals surface area contributed by atoms with Gasteiger partial charge in [-0.3, -0.25) is 4.90 Å². The van der Waals surface area contributed by atoms with Gasteiger partial charge < -0.3 is 21.2 Å². The summed E-state index contributed by atoms with van der Waals surface area (Å²) in [6.07, 6.45) is 0.605. The summed E-state index contributed by atoms with van der Waals surface area (Å²) in [5, 5.41) is 4.34. The van der Waals surface area contributed by atoms with Gasteiger partial charge in [0, 0.05) is 26.3 Å². The fourth-order valence-electron chi connectivity index (χ4n) is 5.12. The van der Waals surface area contributed by atoms with E-state index in [1.807, 2.05) is 62.1 Å². The van der Waals surface area contributed by atoms with Gasteiger partial charge in [-0.15, -0.1) is 0 Å². The number of carbonyl (C=O) groups excluding carboxylic acids is 1. The molecule has 208 valence electrons. The Morgan fingerprint density at radius 3 is 2.27 bits per heavy atom. The zero-order chi connectivity index (χ0) is 28.8. The third-order valence-corrected chi connectivity index (χ3v) is 7.95. The van der Waals surface area contributed by atoms with Gasteiger partial charge in [-0.25, -0.2) is 9.78 Å². The molecule has 0 aliphatic carbocycles. The van der Waals surface area contributed by atoms with Crippen LogP contribution in [0.2, 0.25) is 0 Å². The maximum absolute atomic E-state index is 12.7. The Hall–Kier alpha value is -3.30. The first-order valence-electron chi connectivity index (χ1n) is 13.2. The number of hydrogen-bond acceptors (Lipinski definition) is 5. The third kappa shape index (κ3) is 5.90. The summed E-state index contributed by atoms with van der Waals surface area (Å²) in [5.74, 6) is 1.24. The van der Waals surface area contributed by atoms with Crippen LogP contribution in [0.5, 0.6) is 0 Å². The predicted octanol–water partition coefficient (Wildman–Crippen LogP) is 8.56. The molecule has 1 aliphatic heterocycles. The number of halogens is 2. The van der Waals surface area contributed by atoms with Gasteiger partial charge in [0.25, 0.3) is 0 Å². The van der Waals surface area contributed by atoms with Crippen LogP contribution in [0.4, 0.5) is 16.2 Å². The molecule has 0 bridgehead atoms. The summed E-state index contributed by atoms with van der Waals surface area (Å²) in [7, 11) is 0. The van der Waals surface area contributed by atoms with Crippen molar-refractivity contribution in [1.82, 2.24) is 14.9 Å². The number of nitrogens with one attached hydrogen (secondary N) is 1. The van der Waals surface area contributed by atoms with Crippen molar-refractivity contribution in [1.29, 1.82) is 0 Å². The van der Waals surface area contributed by atoms with E-state index in [9.17, 15) is 4.79 Å². The molecule has 40 heavy (non-hydrogen) atoms. The number of ether oxygens (including phenoxy) is 1. The van der Waals surface area contributed by atoms with Crippen molar-refractivity contribution in [3.63, 3.8) is 0 Å². The molecule has 2 heterocycles. The summed E-state index contributed by atoms with van der Waals surface area (Å²) >= 11 is 6.93. The number of carbonyl (C=O) groups is 1. The SMILES string of the molecule is C[C@H]1C[C@@H](c2nc3c(ccc4cc(Br)ccc43)[nH]2)N(C(=O)OC(C)(C)C)C1.Nc1ccc2cc(Br)ccc2c1N. The van der Waals surface area contributed by atoms with Gasteiger partial charge in [0.2, 0.25) is 0 Å². The quantitative estimate of drug-likeness (QED) is 0.155. The van der Waals surface area contributed by atoms with E-state index in [0.717, 1.165) is 53.8 Å². The number of likely N-dealkylation sites (tertiary alicyclic amines) is 1. The number of aromatic amines is 1. The van der Waals surface area contributed by atoms with Gasteiger partial charge in [-0.2, -0.15) is 0 Å². The van der Waals surface area contributed by atoms with Crippen LogP contribution in [0, 0.1) is 5.92 Å². The van der Waals surface area contributed by atoms with E-state index >= 15 is 0 Å². The topological polar surface area (TPSA) is 110 Å². The zero-order valence-corrected chi connectivity index (χ0v) is 26.1. The molecule has 1 aliphatic rings. The molecule has 0 saturated carbocycles. The van der Waals surface area contributed by atoms with Crippen molar-refractivity contribution in [3.05, 3.63) is 75.4 Å². The minimum absolute atomic E-state index is 0.0900. The predicted molar refractivity (Wildman–Crippen MR) is 171 cm³/mol. The molecule has 0 unspecified atom stereocenters. The highest BCUT2D eigenvalue weighted by Crippen LogP contribution is 2.37. The number of anilines is 2. The Balaban J connectivity index is 0.000000207. The fraction of sp³-hybridized carbons (Fsp3) is 0.290. The van der Waals surface area contributed by atoms with E-state index in [-0.39, 0.29) is 12.1 Å². The van der Waals surface area contributed by atoms with Gasteiger partial charge in [-0.05, 0) is 80.3 Å². The zero-order valence-electron chi connectivity index (χ0n) is 23.0. The number of nitrogens with two attached hydrogens (primary N) is 2. The van der Waals surface area contributed by atoms with Gasteiger partial charge >= 0.3 is 6.09 Å². The minimum atomic E-state index is -0.509. The largest absolute Gasteiger partial charge is 0.444 e. The number of hydrogen-bond donors (Lipinski definition) is 3. The van der Waals surface area contributed by atoms with Crippen molar-refractivity contribution in [2.45, 2.75) is 45.8 Å². The Morgan fingerprint density at radius 2 is 1.60 bits per heavy atom. The Bertz CT molecular complexity index is 1730. The monoisotopic (exact) mass is 665 g/mol. The van der Waals surface area contributed by atoms with Crippen molar-refractivity contribution in [2.75, 3.05) is 18.0 Å². The van der Waals surface area contributed by atoms with E-state index in [4.69, 9.17) is 21.2 Å². The highest BCUT2D eigenvalue weighted by molar-refractivity contribution is 9.10. The molecule has 5 N–H and O–H groups in total. The van der Waals surface area contributed by atoms with Crippen LogP contribution in [-0.2, 0) is 4.74 Å². The fourth-order valence-corrected chi connectivity index (χ4v) is 5.88. The highest BCUT2D eigenvalue weighted by atomic mass is 79.9. The van der Waals surface area contributed by atoms with E-state index in [0.29, 0.717) is 23.8 Å². The molecule has 6 rings (SSSR count). The van der Waals surface area contributed by atoms with Crippen LogP contribution in [-0.4, -0.2) is 33.1 Å². The summed E-state index contributed by atoms with van der Waals surface area (Å²) in [4.78, 5) is 22.9. The van der Waals surface area contributed by atoms with Crippen molar-refractivity contribution >= 4 is 81.9 Å². The average molecular weight is 667 g/mol. The number of nitrogens with zero attached hydrogens (tertiary/aromatic N) is 2. The van der Waals surface area contributed by atoms with Crippen LogP contribution >= 0.6 is 31.9 Å². The van der Waals surface area contributed by atoms with E-state index in [1.165, 1.54) is 0 Å². The van der Waals surface area contributed by atoms with Gasteiger partial charge in [0.15, 0.2) is 0 Å². The first-order valence-corrected chi connectivity index (χ1v) is 14.8. The lowest BCUT2D eigenvalue weighted by Crippen LogP contribution is -2.37. The maximum Gasteiger partial charge on any atom is 0.410 e. The maximum atomic E-state index is 12.7. The second-order valence-electron chi connectivity index (χ2n) is 11.4. The van der Waals surface area contributed by atoms with Crippen molar-refractivity contribution in [3.8, 4) is 0 Å². The van der Waals surface area contributed by atoms with Crippen molar-refractivity contribution < 1.29 is 9.53 Å². The van der Waals surface area contributed by atoms with Crippen LogP contribution in [0.15, 0.2) is 69.6 Å². The minimum Gasteiger partial charge on any atom is -0.444 e. The molecule has 9 heteroatoms. The summed E-state index contributed by atoms with van der Waals surface area (Å²) in [5.41, 5.74) is 14.2. The first-order chi connectivity index (χ1) is 18.9. The number of rotatable bonds is 1. The highest BCUT2D eigenvalue weighted by Gasteiger charge is 2.38. The lowest BCUT2D eigenvalue weighted by Gasteiger charge is -2.27. The molecule has 7 nitrogen and oxygen atoms in total. The standard InChI is InChI=1S/C21H24BrN3O2.C10H9BrN2/c1-12-9-17(25(11-12)20(26)27-21(2,3)4)19-23-16-8-5-13-10-14(22)6-7-15(13)18(16)24-19;11-7-2-3-8-6(5-7)1-4-9(12)10(8)13/h5-8,10,12,17H,9,11H2,1-4H3,(H,23,24);1-5H,12-13H2/t12-,17-;/m0./s1. The second kappa shape index (κ2) is 10.9. The lowest BCUT2D eigenvalue weighted by atomic mass is 10.1. The molecule has 5 aromatic rings. The number of imidazole rings is 1. The normalized spacial score (nSPS) is 17.3. The molecule has 1 fully saturated rings. The van der Waals surface area contributed by atoms with Crippen LogP contribution in [0.1, 0.15) is 46.0 Å². The number of H-pyrrole nitrogens is 1. The first kappa shape index (κ1) is 28.2. The van der Waals surface area contributed by atoms with E-state index in [2.05, 4.69) is 68.0 Å². The van der Waals surface area contributed by atoms with Gasteiger partial charge in [-0.1, -0.05) is 63.0 Å². The molecule has 1 amide bonds. The smallest absolute Gasteiger partial charge is 0.410 e. The molecular weight excluding hydrogens is 634 g/mol. The molecule has 0 spiro atoms. The molecule has 1 aromatic heterocycles. The van der Waals surface area contributed by atoms with Gasteiger partial charge in [0.05, 0.1) is 28.5 Å². The molecular formula is C31H33Br2N5O2. The molecule has 2 atom stereocenters. The van der Waals surface area contributed by atoms with E-state index in [1.54, 1.807) is 0 Å². The third-order valence-electron chi connectivity index (χ3n) is 6.96. The number of fused-ring (bicyclic) bond motifs is 4. The Labute approximate surface area is 250 Å². The summed E-state index contributed by atoms with van der Waals surface area (Å²) in [6.45, 7) is 8.53. The molecule has 0 radical (unpaired) electrons. The second-order valence-corrected chi connectivity index (χ2v) is 13.2. The van der Waals surface area contributed by atoms with Crippen LogP contribution in [0.3, 0.4) is 0 Å². The Kier molecular flexibility index (Phi) is 7.72. The summed E-state index contributed by atoms with van der Waals surface area (Å²) < 4.78 is 7.71. The van der Waals surface area contributed by atoms with Gasteiger partial charge in [0.1, 0.15) is 11.4 Å². The molecule has 1 saturated heterocycles. The molecule has 4 aromatic carbocycles. The van der Waals surface area contributed by atoms with E-state index < -0.39 is 5.60 Å².